The lowest BCUT2D eigenvalue weighted by molar-refractivity contribution is 0.342. The molecule has 0 saturated heterocycles. The third-order valence-corrected chi connectivity index (χ3v) is 3.87. The number of nitrogens with zero attached hydrogens (tertiary/aromatic N) is 1. The molecule has 0 unspecified atom stereocenters. The van der Waals surface area contributed by atoms with Crippen molar-refractivity contribution in [2.24, 2.45) is 5.41 Å². The Morgan fingerprint density at radius 1 is 1.10 bits per heavy atom. The van der Waals surface area contributed by atoms with Crippen LogP contribution < -0.4 is 5.32 Å². The third kappa shape index (κ3) is 3.96. The minimum Gasteiger partial charge on any atom is -0.369 e. The minimum absolute atomic E-state index is 0.313. The molecule has 1 aromatic heterocycles. The first kappa shape index (κ1) is 14.8. The van der Waals surface area contributed by atoms with Gasteiger partial charge in [-0.2, -0.15) is 0 Å². The number of hydrogen-bond acceptors (Lipinski definition) is 2. The minimum atomic E-state index is 0.313. The Hall–Kier alpha value is -1.57. The number of aromatic nitrogens is 1. The Labute approximate surface area is 122 Å². The molecular weight excluding hydrogens is 244 g/mol. The largest absolute Gasteiger partial charge is 0.369 e. The van der Waals surface area contributed by atoms with Crippen molar-refractivity contribution in [3.05, 3.63) is 36.5 Å². The van der Waals surface area contributed by atoms with Gasteiger partial charge in [0.1, 0.15) is 5.82 Å². The summed E-state index contributed by atoms with van der Waals surface area (Å²) in [4.78, 5) is 4.50. The van der Waals surface area contributed by atoms with Crippen LogP contribution in [0.3, 0.4) is 0 Å². The standard InChI is InChI=1S/C18H26N2/c1-4-5-8-12-18(2,3)14-20-17-16-10-7-6-9-15(16)11-13-19-17/h6-7,9-11,13H,4-5,8,12,14H2,1-3H3,(H,19,20). The molecular formula is C18H26N2. The first-order valence-electron chi connectivity index (χ1n) is 7.70. The lowest BCUT2D eigenvalue weighted by Crippen LogP contribution is -2.23. The van der Waals surface area contributed by atoms with Crippen LogP contribution in [0, 0.1) is 5.41 Å². The van der Waals surface area contributed by atoms with Gasteiger partial charge in [-0.3, -0.25) is 0 Å². The maximum Gasteiger partial charge on any atom is 0.133 e. The molecule has 108 valence electrons. The van der Waals surface area contributed by atoms with E-state index in [0.29, 0.717) is 5.41 Å². The number of fused-ring (bicyclic) bond motifs is 1. The SMILES string of the molecule is CCCCCC(C)(C)CNc1nccc2ccccc12. The van der Waals surface area contributed by atoms with Crippen LogP contribution in [-0.2, 0) is 0 Å². The van der Waals surface area contributed by atoms with Gasteiger partial charge in [0.2, 0.25) is 0 Å². The van der Waals surface area contributed by atoms with Crippen LogP contribution in [0.5, 0.6) is 0 Å². The smallest absolute Gasteiger partial charge is 0.133 e. The molecule has 1 aromatic carbocycles. The molecule has 1 heterocycles. The molecule has 2 nitrogen and oxygen atoms in total. The van der Waals surface area contributed by atoms with Crippen molar-refractivity contribution in [3.63, 3.8) is 0 Å². The average molecular weight is 270 g/mol. The predicted molar refractivity (Wildman–Crippen MR) is 88.2 cm³/mol. The molecule has 0 radical (unpaired) electrons. The molecule has 0 spiro atoms. The molecule has 2 heteroatoms. The highest BCUT2D eigenvalue weighted by Crippen LogP contribution is 2.26. The van der Waals surface area contributed by atoms with Crippen molar-refractivity contribution in [1.29, 1.82) is 0 Å². The molecule has 0 aliphatic carbocycles. The molecule has 0 aliphatic heterocycles. The highest BCUT2D eigenvalue weighted by molar-refractivity contribution is 5.91. The first-order valence-corrected chi connectivity index (χ1v) is 7.70. The molecule has 20 heavy (non-hydrogen) atoms. The average Bonchev–Trinajstić information content (AvgIpc) is 2.45. The maximum atomic E-state index is 4.50. The Balaban J connectivity index is 2.02. The highest BCUT2D eigenvalue weighted by atomic mass is 15.0. The number of nitrogens with one attached hydrogen (secondary N) is 1. The summed E-state index contributed by atoms with van der Waals surface area (Å²) in [5.41, 5.74) is 0.313. The third-order valence-electron chi connectivity index (χ3n) is 3.87. The monoisotopic (exact) mass is 270 g/mol. The Morgan fingerprint density at radius 3 is 2.70 bits per heavy atom. The second-order valence-electron chi connectivity index (χ2n) is 6.36. The van der Waals surface area contributed by atoms with Gasteiger partial charge in [0.15, 0.2) is 0 Å². The van der Waals surface area contributed by atoms with E-state index in [-0.39, 0.29) is 0 Å². The lowest BCUT2D eigenvalue weighted by atomic mass is 9.87. The molecule has 0 bridgehead atoms. The van der Waals surface area contributed by atoms with E-state index >= 15 is 0 Å². The highest BCUT2D eigenvalue weighted by Gasteiger charge is 2.17. The summed E-state index contributed by atoms with van der Waals surface area (Å²) in [6, 6.07) is 10.5. The van der Waals surface area contributed by atoms with E-state index in [1.54, 1.807) is 0 Å². The van der Waals surface area contributed by atoms with E-state index < -0.39 is 0 Å². The van der Waals surface area contributed by atoms with E-state index in [4.69, 9.17) is 0 Å². The molecule has 0 saturated carbocycles. The van der Waals surface area contributed by atoms with E-state index in [1.807, 2.05) is 6.20 Å². The van der Waals surface area contributed by atoms with Crippen LogP contribution in [0.1, 0.15) is 46.5 Å². The topological polar surface area (TPSA) is 24.9 Å². The van der Waals surface area contributed by atoms with Gasteiger partial charge in [-0.15, -0.1) is 0 Å². The number of rotatable bonds is 7. The van der Waals surface area contributed by atoms with E-state index in [0.717, 1.165) is 12.4 Å². The van der Waals surface area contributed by atoms with Gasteiger partial charge in [0.05, 0.1) is 0 Å². The van der Waals surface area contributed by atoms with Gasteiger partial charge < -0.3 is 5.32 Å². The van der Waals surface area contributed by atoms with Gasteiger partial charge in [-0.25, -0.2) is 4.98 Å². The number of hydrogen-bond donors (Lipinski definition) is 1. The number of pyridine rings is 1. The van der Waals surface area contributed by atoms with Gasteiger partial charge >= 0.3 is 0 Å². The molecule has 0 fully saturated rings. The number of benzene rings is 1. The summed E-state index contributed by atoms with van der Waals surface area (Å²) < 4.78 is 0. The van der Waals surface area contributed by atoms with Gasteiger partial charge in [0.25, 0.3) is 0 Å². The fourth-order valence-corrected chi connectivity index (χ4v) is 2.53. The Kier molecular flexibility index (Phi) is 4.99. The summed E-state index contributed by atoms with van der Waals surface area (Å²) in [5.74, 6) is 1.01. The summed E-state index contributed by atoms with van der Waals surface area (Å²) >= 11 is 0. The maximum absolute atomic E-state index is 4.50. The van der Waals surface area contributed by atoms with E-state index in [1.165, 1.54) is 36.5 Å². The number of unbranched alkanes of at least 4 members (excludes halogenated alkanes) is 2. The van der Waals surface area contributed by atoms with E-state index in [9.17, 15) is 0 Å². The van der Waals surface area contributed by atoms with Crippen molar-refractivity contribution in [1.82, 2.24) is 4.98 Å². The van der Waals surface area contributed by atoms with Crippen molar-refractivity contribution >= 4 is 16.6 Å². The quantitative estimate of drug-likeness (QED) is 0.695. The molecule has 0 atom stereocenters. The normalized spacial score (nSPS) is 11.8. The second-order valence-corrected chi connectivity index (χ2v) is 6.36. The zero-order valence-corrected chi connectivity index (χ0v) is 12.9. The second kappa shape index (κ2) is 6.74. The van der Waals surface area contributed by atoms with Gasteiger partial charge in [-0.05, 0) is 23.3 Å². The van der Waals surface area contributed by atoms with Crippen LogP contribution in [-0.4, -0.2) is 11.5 Å². The van der Waals surface area contributed by atoms with E-state index in [2.05, 4.69) is 61.4 Å². The molecule has 0 aliphatic rings. The molecule has 2 aromatic rings. The molecule has 2 rings (SSSR count). The fraction of sp³-hybridized carbons (Fsp3) is 0.500. The summed E-state index contributed by atoms with van der Waals surface area (Å²) in [6.45, 7) is 7.89. The van der Waals surface area contributed by atoms with Crippen LogP contribution >= 0.6 is 0 Å². The van der Waals surface area contributed by atoms with Crippen molar-refractivity contribution in [3.8, 4) is 0 Å². The number of anilines is 1. The summed E-state index contributed by atoms with van der Waals surface area (Å²) in [6.07, 6.45) is 7.08. The Bertz CT molecular complexity index is 541. The molecule has 0 amide bonds. The summed E-state index contributed by atoms with van der Waals surface area (Å²) in [5, 5.41) is 6.00. The van der Waals surface area contributed by atoms with Crippen LogP contribution in [0.2, 0.25) is 0 Å². The first-order chi connectivity index (χ1) is 9.62. The predicted octanol–water partition coefficient (Wildman–Crippen LogP) is 5.25. The van der Waals surface area contributed by atoms with Crippen molar-refractivity contribution in [2.45, 2.75) is 46.5 Å². The summed E-state index contributed by atoms with van der Waals surface area (Å²) in [7, 11) is 0. The van der Waals surface area contributed by atoms with Crippen LogP contribution in [0.4, 0.5) is 5.82 Å². The Morgan fingerprint density at radius 2 is 1.90 bits per heavy atom. The zero-order chi connectivity index (χ0) is 14.4. The fourth-order valence-electron chi connectivity index (χ4n) is 2.53. The lowest BCUT2D eigenvalue weighted by Gasteiger charge is -2.25. The zero-order valence-electron chi connectivity index (χ0n) is 12.9. The molecule has 1 N–H and O–H groups in total. The van der Waals surface area contributed by atoms with Gasteiger partial charge in [-0.1, -0.05) is 64.3 Å². The van der Waals surface area contributed by atoms with Crippen LogP contribution in [0.15, 0.2) is 36.5 Å². The van der Waals surface area contributed by atoms with Crippen LogP contribution in [0.25, 0.3) is 10.8 Å². The van der Waals surface area contributed by atoms with Crippen molar-refractivity contribution < 1.29 is 0 Å². The van der Waals surface area contributed by atoms with Gasteiger partial charge in [0, 0.05) is 18.1 Å². The van der Waals surface area contributed by atoms with Crippen molar-refractivity contribution in [2.75, 3.05) is 11.9 Å².